The van der Waals surface area contributed by atoms with Gasteiger partial charge in [0.15, 0.2) is 0 Å². The average Bonchev–Trinajstić information content (AvgIpc) is 2.63. The largest absolute Gasteiger partial charge is 0.492 e. The first-order valence-corrected chi connectivity index (χ1v) is 8.93. The summed E-state index contributed by atoms with van der Waals surface area (Å²) in [5.74, 6) is 0.405. The molecule has 0 aliphatic rings. The maximum absolute atomic E-state index is 12.0. The monoisotopic (exact) mass is 374 g/mol. The molecule has 0 heterocycles. The Bertz CT molecular complexity index is 749. The number of rotatable bonds is 9. The van der Waals surface area contributed by atoms with Crippen molar-refractivity contribution < 1.29 is 14.3 Å². The first-order chi connectivity index (χ1) is 12.6. The molecular formula is C20H23ClN2O3. The van der Waals surface area contributed by atoms with Gasteiger partial charge < -0.3 is 15.4 Å². The third-order valence-electron chi connectivity index (χ3n) is 3.66. The van der Waals surface area contributed by atoms with Crippen molar-refractivity contribution >= 4 is 23.4 Å². The molecule has 2 aromatic rings. The van der Waals surface area contributed by atoms with Crippen LogP contribution in [0.4, 0.5) is 0 Å². The molecule has 0 fully saturated rings. The van der Waals surface area contributed by atoms with Gasteiger partial charge in [0.05, 0.1) is 11.6 Å². The van der Waals surface area contributed by atoms with Gasteiger partial charge in [0.1, 0.15) is 5.75 Å². The normalized spacial score (nSPS) is 10.2. The molecule has 0 atom stereocenters. The molecule has 2 N–H and O–H groups in total. The fourth-order valence-corrected chi connectivity index (χ4v) is 2.52. The topological polar surface area (TPSA) is 67.4 Å². The summed E-state index contributed by atoms with van der Waals surface area (Å²) in [6.07, 6.45) is 0.947. The quantitative estimate of drug-likeness (QED) is 0.661. The van der Waals surface area contributed by atoms with Crippen molar-refractivity contribution in [2.45, 2.75) is 19.8 Å². The van der Waals surface area contributed by atoms with Crippen LogP contribution in [0.3, 0.4) is 0 Å². The van der Waals surface area contributed by atoms with Crippen LogP contribution >= 0.6 is 11.6 Å². The Hall–Kier alpha value is -2.53. The minimum Gasteiger partial charge on any atom is -0.492 e. The second-order valence-corrected chi connectivity index (χ2v) is 6.26. The van der Waals surface area contributed by atoms with Gasteiger partial charge in [0, 0.05) is 25.1 Å². The lowest BCUT2D eigenvalue weighted by molar-refractivity contribution is -0.121. The molecular weight excluding hydrogens is 352 g/mol. The number of carbonyl (C=O) groups excluding carboxylic acids is 2. The van der Waals surface area contributed by atoms with E-state index in [1.165, 1.54) is 0 Å². The van der Waals surface area contributed by atoms with Gasteiger partial charge in [-0.25, -0.2) is 0 Å². The molecule has 0 saturated heterocycles. The highest BCUT2D eigenvalue weighted by Crippen LogP contribution is 2.23. The van der Waals surface area contributed by atoms with E-state index >= 15 is 0 Å². The fraction of sp³-hybridized carbons (Fsp3) is 0.300. The van der Waals surface area contributed by atoms with Crippen LogP contribution in [0.25, 0.3) is 0 Å². The van der Waals surface area contributed by atoms with E-state index in [1.54, 1.807) is 18.2 Å². The van der Waals surface area contributed by atoms with Crippen molar-refractivity contribution in [2.24, 2.45) is 0 Å². The number of nitrogens with one attached hydrogen (secondary N) is 2. The SMILES string of the molecule is Cc1cccc(C(=O)NCCNC(=O)CCCOc2ccccc2Cl)c1. The molecule has 2 rings (SSSR count). The zero-order valence-electron chi connectivity index (χ0n) is 14.8. The Morgan fingerprint density at radius 1 is 1.04 bits per heavy atom. The lowest BCUT2D eigenvalue weighted by Gasteiger charge is -2.09. The first-order valence-electron chi connectivity index (χ1n) is 8.55. The first kappa shape index (κ1) is 19.8. The Morgan fingerprint density at radius 2 is 1.81 bits per heavy atom. The van der Waals surface area contributed by atoms with Crippen molar-refractivity contribution in [3.63, 3.8) is 0 Å². The van der Waals surface area contributed by atoms with E-state index in [1.807, 2.05) is 37.3 Å². The predicted molar refractivity (Wildman–Crippen MR) is 103 cm³/mol. The number of aryl methyl sites for hydroxylation is 1. The molecule has 6 heteroatoms. The molecule has 0 spiro atoms. The van der Waals surface area contributed by atoms with Crippen molar-refractivity contribution in [1.82, 2.24) is 10.6 Å². The van der Waals surface area contributed by atoms with E-state index in [9.17, 15) is 9.59 Å². The summed E-state index contributed by atoms with van der Waals surface area (Å²) < 4.78 is 5.53. The van der Waals surface area contributed by atoms with Crippen molar-refractivity contribution in [3.05, 3.63) is 64.7 Å². The Labute approximate surface area is 158 Å². The summed E-state index contributed by atoms with van der Waals surface area (Å²) in [5.41, 5.74) is 1.65. The predicted octanol–water partition coefficient (Wildman–Crippen LogP) is 3.35. The van der Waals surface area contributed by atoms with E-state index in [2.05, 4.69) is 10.6 Å². The van der Waals surface area contributed by atoms with Crippen LogP contribution in [0.2, 0.25) is 5.02 Å². The summed E-state index contributed by atoms with van der Waals surface area (Å²) in [5, 5.41) is 6.12. The summed E-state index contributed by atoms with van der Waals surface area (Å²) in [6, 6.07) is 14.6. The van der Waals surface area contributed by atoms with Gasteiger partial charge in [-0.05, 0) is 37.6 Å². The van der Waals surface area contributed by atoms with Crippen LogP contribution in [-0.4, -0.2) is 31.5 Å². The van der Waals surface area contributed by atoms with E-state index in [0.717, 1.165) is 5.56 Å². The lowest BCUT2D eigenvalue weighted by atomic mass is 10.1. The number of para-hydroxylation sites is 1. The highest BCUT2D eigenvalue weighted by Gasteiger charge is 2.06. The molecule has 0 aliphatic carbocycles. The molecule has 0 radical (unpaired) electrons. The van der Waals surface area contributed by atoms with Crippen molar-refractivity contribution in [2.75, 3.05) is 19.7 Å². The fourth-order valence-electron chi connectivity index (χ4n) is 2.33. The molecule has 2 aromatic carbocycles. The highest BCUT2D eigenvalue weighted by molar-refractivity contribution is 6.32. The van der Waals surface area contributed by atoms with Crippen LogP contribution in [0.1, 0.15) is 28.8 Å². The number of amides is 2. The summed E-state index contributed by atoms with van der Waals surface area (Å²) >= 11 is 5.99. The smallest absolute Gasteiger partial charge is 0.251 e. The zero-order chi connectivity index (χ0) is 18.8. The summed E-state index contributed by atoms with van der Waals surface area (Å²) in [6.45, 7) is 3.13. The second kappa shape index (κ2) is 10.5. The van der Waals surface area contributed by atoms with Gasteiger partial charge in [-0.3, -0.25) is 9.59 Å². The van der Waals surface area contributed by atoms with Crippen molar-refractivity contribution in [3.8, 4) is 5.75 Å². The zero-order valence-corrected chi connectivity index (χ0v) is 15.5. The molecule has 26 heavy (non-hydrogen) atoms. The number of carbonyl (C=O) groups is 2. The summed E-state index contributed by atoms with van der Waals surface area (Å²) in [4.78, 5) is 23.7. The van der Waals surface area contributed by atoms with Crippen LogP contribution in [-0.2, 0) is 4.79 Å². The third-order valence-corrected chi connectivity index (χ3v) is 3.97. The van der Waals surface area contributed by atoms with E-state index in [-0.39, 0.29) is 11.8 Å². The van der Waals surface area contributed by atoms with Gasteiger partial charge in [0.2, 0.25) is 5.91 Å². The molecule has 0 aliphatic heterocycles. The van der Waals surface area contributed by atoms with Crippen LogP contribution in [0.5, 0.6) is 5.75 Å². The minimum atomic E-state index is -0.143. The summed E-state index contributed by atoms with van der Waals surface area (Å²) in [7, 11) is 0. The van der Waals surface area contributed by atoms with Gasteiger partial charge in [-0.15, -0.1) is 0 Å². The number of hydrogen-bond acceptors (Lipinski definition) is 3. The molecule has 2 amide bonds. The third kappa shape index (κ3) is 6.76. The van der Waals surface area contributed by atoms with Crippen LogP contribution in [0, 0.1) is 6.92 Å². The lowest BCUT2D eigenvalue weighted by Crippen LogP contribution is -2.34. The van der Waals surface area contributed by atoms with Gasteiger partial charge in [0.25, 0.3) is 5.91 Å². The Morgan fingerprint density at radius 3 is 2.58 bits per heavy atom. The molecule has 0 unspecified atom stereocenters. The average molecular weight is 375 g/mol. The number of halogens is 1. The molecule has 0 bridgehead atoms. The Balaban J connectivity index is 1.56. The van der Waals surface area contributed by atoms with Crippen LogP contribution in [0.15, 0.2) is 48.5 Å². The van der Waals surface area contributed by atoms with Crippen LogP contribution < -0.4 is 15.4 Å². The molecule has 0 aromatic heterocycles. The van der Waals surface area contributed by atoms with E-state index in [0.29, 0.717) is 48.9 Å². The molecule has 5 nitrogen and oxygen atoms in total. The molecule has 138 valence electrons. The Kier molecular flexibility index (Phi) is 7.96. The van der Waals surface area contributed by atoms with Gasteiger partial charge >= 0.3 is 0 Å². The standard InChI is InChI=1S/C20H23ClN2O3/c1-15-6-4-7-16(14-15)20(25)23-12-11-22-19(24)10-5-13-26-18-9-3-2-8-17(18)21/h2-4,6-9,14H,5,10-13H2,1H3,(H,22,24)(H,23,25). The second-order valence-electron chi connectivity index (χ2n) is 5.86. The number of ether oxygens (including phenoxy) is 1. The van der Waals surface area contributed by atoms with Gasteiger partial charge in [-0.2, -0.15) is 0 Å². The molecule has 0 saturated carbocycles. The van der Waals surface area contributed by atoms with E-state index in [4.69, 9.17) is 16.3 Å². The highest BCUT2D eigenvalue weighted by atomic mass is 35.5. The number of benzene rings is 2. The maximum atomic E-state index is 12.0. The van der Waals surface area contributed by atoms with Gasteiger partial charge in [-0.1, -0.05) is 41.4 Å². The minimum absolute atomic E-state index is 0.0717. The van der Waals surface area contributed by atoms with E-state index < -0.39 is 0 Å². The van der Waals surface area contributed by atoms with Crippen molar-refractivity contribution in [1.29, 1.82) is 0 Å². The maximum Gasteiger partial charge on any atom is 0.251 e. The number of hydrogen-bond donors (Lipinski definition) is 2.